The van der Waals surface area contributed by atoms with Crippen molar-refractivity contribution in [3.63, 3.8) is 0 Å². The fraction of sp³-hybridized carbons (Fsp3) is 0.444. The van der Waals surface area contributed by atoms with Crippen LogP contribution >= 0.6 is 0 Å². The third kappa shape index (κ3) is 4.19. The van der Waals surface area contributed by atoms with Crippen molar-refractivity contribution in [2.45, 2.75) is 44.8 Å². The minimum atomic E-state index is -0.544. The Hall–Kier alpha value is -2.90. The van der Waals surface area contributed by atoms with Gasteiger partial charge in [0.2, 0.25) is 0 Å². The maximum atomic E-state index is 12.2. The van der Waals surface area contributed by atoms with E-state index in [4.69, 9.17) is 9.15 Å². The van der Waals surface area contributed by atoms with Crippen LogP contribution in [0.5, 0.6) is 0 Å². The summed E-state index contributed by atoms with van der Waals surface area (Å²) in [5, 5.41) is 7.83. The molecule has 2 atom stereocenters. The smallest absolute Gasteiger partial charge is 0.360 e. The van der Waals surface area contributed by atoms with E-state index in [9.17, 15) is 9.59 Å². The molecule has 0 bridgehead atoms. The van der Waals surface area contributed by atoms with Crippen molar-refractivity contribution in [2.75, 3.05) is 7.11 Å². The molecule has 26 heavy (non-hydrogen) atoms. The number of nitrogens with zero attached hydrogens (tertiary/aromatic N) is 3. The van der Waals surface area contributed by atoms with Crippen LogP contribution in [0.4, 0.5) is 0 Å². The van der Waals surface area contributed by atoms with E-state index < -0.39 is 11.9 Å². The molecule has 1 aliphatic rings. The Balaban J connectivity index is 1.66. The van der Waals surface area contributed by atoms with Crippen molar-refractivity contribution in [3.05, 3.63) is 41.6 Å². The number of hydrogen-bond acceptors (Lipinski definition) is 7. The van der Waals surface area contributed by atoms with Gasteiger partial charge in [-0.25, -0.2) is 14.3 Å². The molecule has 0 radical (unpaired) electrons. The van der Waals surface area contributed by atoms with Gasteiger partial charge in [-0.1, -0.05) is 11.6 Å². The molecule has 0 aromatic carbocycles. The number of esters is 2. The molecule has 2 unspecified atom stereocenters. The van der Waals surface area contributed by atoms with Crippen molar-refractivity contribution in [3.8, 4) is 0 Å². The van der Waals surface area contributed by atoms with E-state index in [0.29, 0.717) is 5.76 Å². The lowest BCUT2D eigenvalue weighted by Crippen LogP contribution is -2.32. The Morgan fingerprint density at radius 3 is 2.85 bits per heavy atom. The predicted octanol–water partition coefficient (Wildman–Crippen LogP) is 2.71. The number of carbonyl (C=O) groups is 2. The summed E-state index contributed by atoms with van der Waals surface area (Å²) in [6.07, 6.45) is 7.63. The van der Waals surface area contributed by atoms with Gasteiger partial charge in [0.25, 0.3) is 0 Å². The van der Waals surface area contributed by atoms with E-state index in [0.717, 1.165) is 31.4 Å². The molecule has 0 N–H and O–H groups in total. The first-order chi connectivity index (χ1) is 12.6. The van der Waals surface area contributed by atoms with Crippen LogP contribution < -0.4 is 0 Å². The third-order valence-corrected chi connectivity index (χ3v) is 4.32. The van der Waals surface area contributed by atoms with Gasteiger partial charge < -0.3 is 13.9 Å². The molecule has 138 valence electrons. The highest BCUT2D eigenvalue weighted by atomic mass is 16.5. The molecule has 2 aromatic heterocycles. The van der Waals surface area contributed by atoms with Gasteiger partial charge in [-0.2, -0.15) is 0 Å². The van der Waals surface area contributed by atoms with Crippen LogP contribution in [0.15, 0.2) is 28.8 Å². The average molecular weight is 359 g/mol. The summed E-state index contributed by atoms with van der Waals surface area (Å²) < 4.78 is 17.2. The van der Waals surface area contributed by atoms with Gasteiger partial charge in [-0.3, -0.25) is 0 Å². The summed E-state index contributed by atoms with van der Waals surface area (Å²) in [6, 6.07) is 3.45. The first-order valence-electron chi connectivity index (χ1n) is 8.52. The lowest BCUT2D eigenvalue weighted by Gasteiger charge is -2.30. The van der Waals surface area contributed by atoms with Gasteiger partial charge in [0.1, 0.15) is 17.6 Å². The fourth-order valence-corrected chi connectivity index (χ4v) is 3.04. The maximum Gasteiger partial charge on any atom is 0.360 e. The fourth-order valence-electron chi connectivity index (χ4n) is 3.04. The normalized spacial score (nSPS) is 20.2. The van der Waals surface area contributed by atoms with Crippen molar-refractivity contribution >= 4 is 18.0 Å². The Morgan fingerprint density at radius 1 is 1.31 bits per heavy atom. The van der Waals surface area contributed by atoms with Crippen molar-refractivity contribution in [1.29, 1.82) is 0 Å². The number of furan rings is 1. The standard InChI is InChI=1S/C18H21N3O5/c1-12-7-8-13(25-12)9-10-17(22)26-16-6-4-3-5-15(16)21-11-14(19-20-21)18(23)24-2/h7-11,15-16H,3-6H2,1-2H3. The van der Waals surface area contributed by atoms with Crippen LogP contribution in [0.2, 0.25) is 0 Å². The van der Waals surface area contributed by atoms with Gasteiger partial charge in [0, 0.05) is 6.08 Å². The molecular weight excluding hydrogens is 338 g/mol. The molecule has 0 amide bonds. The number of rotatable bonds is 5. The molecular formula is C18H21N3O5. The minimum absolute atomic E-state index is 0.135. The van der Waals surface area contributed by atoms with E-state index in [1.54, 1.807) is 16.8 Å². The molecule has 0 aliphatic heterocycles. The molecule has 1 fully saturated rings. The molecule has 1 saturated carbocycles. The SMILES string of the molecule is COC(=O)c1cn(C2CCCCC2OC(=O)C=Cc2ccc(C)o2)nn1. The average Bonchev–Trinajstić information content (AvgIpc) is 3.29. The minimum Gasteiger partial charge on any atom is -0.464 e. The second kappa shape index (κ2) is 7.99. The van der Waals surface area contributed by atoms with Crippen LogP contribution in [-0.4, -0.2) is 40.1 Å². The van der Waals surface area contributed by atoms with Gasteiger partial charge in [0.05, 0.1) is 19.3 Å². The Bertz CT molecular complexity index is 807. The highest BCUT2D eigenvalue weighted by Gasteiger charge is 2.31. The third-order valence-electron chi connectivity index (χ3n) is 4.32. The zero-order valence-corrected chi connectivity index (χ0v) is 14.8. The van der Waals surface area contributed by atoms with Crippen molar-refractivity contribution in [2.24, 2.45) is 0 Å². The predicted molar refractivity (Wildman–Crippen MR) is 91.2 cm³/mol. The van der Waals surface area contributed by atoms with Crippen molar-refractivity contribution in [1.82, 2.24) is 15.0 Å². The van der Waals surface area contributed by atoms with Crippen LogP contribution in [0, 0.1) is 6.92 Å². The van der Waals surface area contributed by atoms with Crippen LogP contribution in [-0.2, 0) is 14.3 Å². The van der Waals surface area contributed by atoms with E-state index in [1.165, 1.54) is 19.4 Å². The van der Waals surface area contributed by atoms with Gasteiger partial charge in [0.15, 0.2) is 5.69 Å². The Labute approximate surface area is 150 Å². The summed E-state index contributed by atoms with van der Waals surface area (Å²) >= 11 is 0. The molecule has 2 aromatic rings. The topological polar surface area (TPSA) is 96.5 Å². The van der Waals surface area contributed by atoms with E-state index >= 15 is 0 Å². The summed E-state index contributed by atoms with van der Waals surface area (Å²) in [5.41, 5.74) is 0.135. The van der Waals surface area contributed by atoms with E-state index in [-0.39, 0.29) is 17.8 Å². The number of ether oxygens (including phenoxy) is 2. The molecule has 8 heteroatoms. The summed E-state index contributed by atoms with van der Waals surface area (Å²) in [7, 11) is 1.29. The van der Waals surface area contributed by atoms with E-state index in [2.05, 4.69) is 15.0 Å². The van der Waals surface area contributed by atoms with Crippen molar-refractivity contribution < 1.29 is 23.5 Å². The lowest BCUT2D eigenvalue weighted by atomic mass is 9.92. The Kier molecular flexibility index (Phi) is 5.50. The molecule has 2 heterocycles. The molecule has 1 aliphatic carbocycles. The summed E-state index contributed by atoms with van der Waals surface area (Å²) in [6.45, 7) is 1.84. The summed E-state index contributed by atoms with van der Waals surface area (Å²) in [4.78, 5) is 23.7. The summed E-state index contributed by atoms with van der Waals surface area (Å²) in [5.74, 6) is 0.387. The number of methoxy groups -OCH3 is 1. The van der Waals surface area contributed by atoms with Gasteiger partial charge >= 0.3 is 11.9 Å². The zero-order valence-electron chi connectivity index (χ0n) is 14.8. The molecule has 3 rings (SSSR count). The highest BCUT2D eigenvalue weighted by molar-refractivity contribution is 5.87. The first-order valence-corrected chi connectivity index (χ1v) is 8.52. The van der Waals surface area contributed by atoms with Gasteiger partial charge in [-0.15, -0.1) is 5.10 Å². The number of carbonyl (C=O) groups excluding carboxylic acids is 2. The molecule has 0 saturated heterocycles. The van der Waals surface area contributed by atoms with E-state index in [1.807, 2.05) is 13.0 Å². The van der Waals surface area contributed by atoms with Gasteiger partial charge in [-0.05, 0) is 44.4 Å². The number of aromatic nitrogens is 3. The Morgan fingerprint density at radius 2 is 2.12 bits per heavy atom. The second-order valence-corrected chi connectivity index (χ2v) is 6.18. The highest BCUT2D eigenvalue weighted by Crippen LogP contribution is 2.30. The first kappa shape index (κ1) is 17.9. The van der Waals surface area contributed by atoms with Crippen LogP contribution in [0.3, 0.4) is 0 Å². The lowest BCUT2D eigenvalue weighted by molar-refractivity contribution is -0.147. The van der Waals surface area contributed by atoms with Crippen LogP contribution in [0.25, 0.3) is 6.08 Å². The largest absolute Gasteiger partial charge is 0.464 e. The number of aryl methyl sites for hydroxylation is 1. The second-order valence-electron chi connectivity index (χ2n) is 6.18. The zero-order chi connectivity index (χ0) is 18.5. The van der Waals surface area contributed by atoms with Crippen LogP contribution in [0.1, 0.15) is 53.7 Å². The number of hydrogen-bond donors (Lipinski definition) is 0. The molecule has 8 nitrogen and oxygen atoms in total. The monoisotopic (exact) mass is 359 g/mol. The maximum absolute atomic E-state index is 12.2. The quantitative estimate of drug-likeness (QED) is 0.598. The molecule has 0 spiro atoms.